The van der Waals surface area contributed by atoms with E-state index in [1.165, 1.54) is 7.11 Å². The van der Waals surface area contributed by atoms with E-state index in [9.17, 15) is 9.59 Å². The van der Waals surface area contributed by atoms with Gasteiger partial charge in [-0.25, -0.2) is 0 Å². The lowest BCUT2D eigenvalue weighted by atomic mass is 10.1. The SMILES string of the molecule is CCC(CNC(=O)c1ccccc1OC)C(=O)O. The van der Waals surface area contributed by atoms with Crippen LogP contribution in [0.2, 0.25) is 0 Å². The zero-order valence-corrected chi connectivity index (χ0v) is 10.5. The smallest absolute Gasteiger partial charge is 0.308 e. The fourth-order valence-electron chi connectivity index (χ4n) is 1.55. The second-order valence-electron chi connectivity index (χ2n) is 3.85. The van der Waals surface area contributed by atoms with Crippen LogP contribution in [0.5, 0.6) is 5.75 Å². The molecule has 5 nitrogen and oxygen atoms in total. The Morgan fingerprint density at radius 3 is 2.61 bits per heavy atom. The van der Waals surface area contributed by atoms with Gasteiger partial charge in [0.1, 0.15) is 5.75 Å². The molecule has 5 heteroatoms. The van der Waals surface area contributed by atoms with E-state index in [0.29, 0.717) is 17.7 Å². The van der Waals surface area contributed by atoms with Crippen molar-refractivity contribution in [3.05, 3.63) is 29.8 Å². The highest BCUT2D eigenvalue weighted by atomic mass is 16.5. The van der Waals surface area contributed by atoms with Gasteiger partial charge in [0, 0.05) is 6.54 Å². The predicted octanol–water partition coefficient (Wildman–Crippen LogP) is 1.54. The Bertz CT molecular complexity index is 431. The summed E-state index contributed by atoms with van der Waals surface area (Å²) in [5.41, 5.74) is 0.403. The summed E-state index contributed by atoms with van der Waals surface area (Å²) < 4.78 is 5.07. The number of carbonyl (C=O) groups is 2. The average molecular weight is 251 g/mol. The van der Waals surface area contributed by atoms with E-state index in [1.54, 1.807) is 31.2 Å². The molecule has 0 heterocycles. The predicted molar refractivity (Wildman–Crippen MR) is 66.7 cm³/mol. The van der Waals surface area contributed by atoms with Gasteiger partial charge in [-0.2, -0.15) is 0 Å². The number of amides is 1. The molecule has 1 aromatic carbocycles. The summed E-state index contributed by atoms with van der Waals surface area (Å²) in [7, 11) is 1.48. The summed E-state index contributed by atoms with van der Waals surface area (Å²) in [5.74, 6) is -1.33. The number of nitrogens with one attached hydrogen (secondary N) is 1. The first kappa shape index (κ1) is 14.0. The number of ether oxygens (including phenoxy) is 1. The molecular weight excluding hydrogens is 234 g/mol. The Balaban J connectivity index is 2.68. The monoisotopic (exact) mass is 251 g/mol. The first-order valence-corrected chi connectivity index (χ1v) is 5.74. The number of carboxylic acid groups (broad SMARTS) is 1. The summed E-state index contributed by atoms with van der Waals surface area (Å²) in [5, 5.41) is 11.5. The van der Waals surface area contributed by atoms with Crippen LogP contribution in [0.1, 0.15) is 23.7 Å². The minimum absolute atomic E-state index is 0.114. The van der Waals surface area contributed by atoms with Gasteiger partial charge >= 0.3 is 5.97 Å². The number of carboxylic acids is 1. The molecule has 0 aromatic heterocycles. The zero-order valence-electron chi connectivity index (χ0n) is 10.5. The number of para-hydroxylation sites is 1. The second kappa shape index (κ2) is 6.64. The Kier molecular flexibility index (Phi) is 5.17. The van der Waals surface area contributed by atoms with Crippen molar-refractivity contribution in [2.24, 2.45) is 5.92 Å². The van der Waals surface area contributed by atoms with E-state index in [2.05, 4.69) is 5.32 Å². The highest BCUT2D eigenvalue weighted by Crippen LogP contribution is 2.16. The Hall–Kier alpha value is -2.04. The molecule has 1 aromatic rings. The van der Waals surface area contributed by atoms with Crippen molar-refractivity contribution in [2.75, 3.05) is 13.7 Å². The van der Waals surface area contributed by atoms with Crippen molar-refractivity contribution in [3.8, 4) is 5.75 Å². The van der Waals surface area contributed by atoms with Gasteiger partial charge in [0.25, 0.3) is 5.91 Å². The molecule has 1 amide bonds. The fraction of sp³-hybridized carbons (Fsp3) is 0.385. The maximum absolute atomic E-state index is 11.9. The van der Waals surface area contributed by atoms with Gasteiger partial charge in [-0.15, -0.1) is 0 Å². The quantitative estimate of drug-likeness (QED) is 0.804. The molecule has 0 saturated heterocycles. The number of benzene rings is 1. The van der Waals surface area contributed by atoms with Gasteiger partial charge < -0.3 is 15.2 Å². The summed E-state index contributed by atoms with van der Waals surface area (Å²) >= 11 is 0. The molecule has 0 radical (unpaired) electrons. The van der Waals surface area contributed by atoms with Crippen molar-refractivity contribution in [3.63, 3.8) is 0 Å². The molecule has 0 aliphatic rings. The summed E-state index contributed by atoms with van der Waals surface area (Å²) in [6.45, 7) is 1.89. The standard InChI is InChI=1S/C13H17NO4/c1-3-9(13(16)17)8-14-12(15)10-6-4-5-7-11(10)18-2/h4-7,9H,3,8H2,1-2H3,(H,14,15)(H,16,17). The molecule has 0 aliphatic heterocycles. The van der Waals surface area contributed by atoms with E-state index < -0.39 is 11.9 Å². The highest BCUT2D eigenvalue weighted by molar-refractivity contribution is 5.97. The number of carbonyl (C=O) groups excluding carboxylic acids is 1. The van der Waals surface area contributed by atoms with Crippen LogP contribution in [0, 0.1) is 5.92 Å². The van der Waals surface area contributed by atoms with E-state index in [0.717, 1.165) is 0 Å². The highest BCUT2D eigenvalue weighted by Gasteiger charge is 2.17. The van der Waals surface area contributed by atoms with Crippen LogP contribution in [-0.4, -0.2) is 30.6 Å². The van der Waals surface area contributed by atoms with Gasteiger partial charge in [-0.3, -0.25) is 9.59 Å². The lowest BCUT2D eigenvalue weighted by Gasteiger charge is -2.12. The van der Waals surface area contributed by atoms with Gasteiger partial charge in [0.15, 0.2) is 0 Å². The Morgan fingerprint density at radius 2 is 2.06 bits per heavy atom. The number of hydrogen-bond acceptors (Lipinski definition) is 3. The number of aliphatic carboxylic acids is 1. The van der Waals surface area contributed by atoms with Crippen LogP contribution in [0.25, 0.3) is 0 Å². The van der Waals surface area contributed by atoms with Crippen molar-refractivity contribution in [1.82, 2.24) is 5.32 Å². The summed E-state index contributed by atoms with van der Waals surface area (Å²) in [6, 6.07) is 6.81. The molecule has 0 bridgehead atoms. The molecule has 1 unspecified atom stereocenters. The maximum atomic E-state index is 11.9. The third kappa shape index (κ3) is 3.48. The molecule has 1 atom stereocenters. The minimum Gasteiger partial charge on any atom is -0.496 e. The Labute approximate surface area is 106 Å². The molecule has 0 spiro atoms. The van der Waals surface area contributed by atoms with E-state index in [1.807, 2.05) is 0 Å². The van der Waals surface area contributed by atoms with Crippen LogP contribution in [0.3, 0.4) is 0 Å². The number of methoxy groups -OCH3 is 1. The van der Waals surface area contributed by atoms with E-state index >= 15 is 0 Å². The summed E-state index contributed by atoms with van der Waals surface area (Å²) in [4.78, 5) is 22.7. The Morgan fingerprint density at radius 1 is 1.39 bits per heavy atom. The van der Waals surface area contributed by atoms with Crippen LogP contribution >= 0.6 is 0 Å². The molecule has 98 valence electrons. The van der Waals surface area contributed by atoms with Crippen LogP contribution < -0.4 is 10.1 Å². The molecule has 0 fully saturated rings. The molecular formula is C13H17NO4. The van der Waals surface area contributed by atoms with Gasteiger partial charge in [-0.1, -0.05) is 19.1 Å². The van der Waals surface area contributed by atoms with Gasteiger partial charge in [0.05, 0.1) is 18.6 Å². The van der Waals surface area contributed by atoms with Crippen LogP contribution in [0.4, 0.5) is 0 Å². The third-order valence-corrected chi connectivity index (χ3v) is 2.70. The molecule has 18 heavy (non-hydrogen) atoms. The van der Waals surface area contributed by atoms with E-state index in [4.69, 9.17) is 9.84 Å². The summed E-state index contributed by atoms with van der Waals surface area (Å²) in [6.07, 6.45) is 0.474. The van der Waals surface area contributed by atoms with Crippen molar-refractivity contribution >= 4 is 11.9 Å². The van der Waals surface area contributed by atoms with E-state index in [-0.39, 0.29) is 12.5 Å². The van der Waals surface area contributed by atoms with Crippen molar-refractivity contribution in [2.45, 2.75) is 13.3 Å². The lowest BCUT2D eigenvalue weighted by Crippen LogP contribution is -2.32. The largest absolute Gasteiger partial charge is 0.496 e. The van der Waals surface area contributed by atoms with Gasteiger partial charge in [-0.05, 0) is 18.6 Å². The van der Waals surface area contributed by atoms with Gasteiger partial charge in [0.2, 0.25) is 0 Å². The number of hydrogen-bond donors (Lipinski definition) is 2. The third-order valence-electron chi connectivity index (χ3n) is 2.70. The minimum atomic E-state index is -0.905. The topological polar surface area (TPSA) is 75.6 Å². The van der Waals surface area contributed by atoms with Crippen LogP contribution in [0.15, 0.2) is 24.3 Å². The second-order valence-corrected chi connectivity index (χ2v) is 3.85. The maximum Gasteiger partial charge on any atom is 0.308 e. The average Bonchev–Trinajstić information content (AvgIpc) is 2.38. The van der Waals surface area contributed by atoms with Crippen molar-refractivity contribution in [1.29, 1.82) is 0 Å². The lowest BCUT2D eigenvalue weighted by molar-refractivity contribution is -0.141. The molecule has 1 rings (SSSR count). The fourth-order valence-corrected chi connectivity index (χ4v) is 1.55. The first-order valence-electron chi connectivity index (χ1n) is 5.74. The normalized spacial score (nSPS) is 11.7. The first-order chi connectivity index (χ1) is 8.60. The van der Waals surface area contributed by atoms with Crippen LogP contribution in [-0.2, 0) is 4.79 Å². The molecule has 2 N–H and O–H groups in total. The number of rotatable bonds is 6. The van der Waals surface area contributed by atoms with Crippen molar-refractivity contribution < 1.29 is 19.4 Å². The molecule has 0 aliphatic carbocycles. The zero-order chi connectivity index (χ0) is 13.5. The molecule has 0 saturated carbocycles.